The van der Waals surface area contributed by atoms with Gasteiger partial charge in [0.1, 0.15) is 0 Å². The van der Waals surface area contributed by atoms with Gasteiger partial charge in [-0.1, -0.05) is 56.9 Å². The second kappa shape index (κ2) is 5.70. The molecular formula is C16H26. The molecule has 0 heteroatoms. The lowest BCUT2D eigenvalue weighted by atomic mass is 9.88. The van der Waals surface area contributed by atoms with Gasteiger partial charge in [0.25, 0.3) is 0 Å². The molecular weight excluding hydrogens is 192 g/mol. The fourth-order valence-corrected chi connectivity index (χ4v) is 3.55. The van der Waals surface area contributed by atoms with Gasteiger partial charge in [-0.05, 0) is 43.4 Å². The van der Waals surface area contributed by atoms with E-state index in [1.165, 1.54) is 44.9 Å². The first kappa shape index (κ1) is 12.0. The molecule has 0 saturated heterocycles. The van der Waals surface area contributed by atoms with Gasteiger partial charge < -0.3 is 0 Å². The van der Waals surface area contributed by atoms with Crippen molar-refractivity contribution in [3.8, 4) is 0 Å². The topological polar surface area (TPSA) is 0 Å². The lowest BCUT2D eigenvalue weighted by Crippen LogP contribution is -2.06. The molecule has 0 bridgehead atoms. The monoisotopic (exact) mass is 218 g/mol. The van der Waals surface area contributed by atoms with Crippen LogP contribution in [0.3, 0.4) is 0 Å². The Labute approximate surface area is 101 Å². The largest absolute Gasteiger partial charge is 0.0845 e. The zero-order valence-corrected chi connectivity index (χ0v) is 10.9. The quantitative estimate of drug-likeness (QED) is 0.529. The van der Waals surface area contributed by atoms with Gasteiger partial charge in [-0.2, -0.15) is 0 Å². The third-order valence-electron chi connectivity index (χ3n) is 4.47. The summed E-state index contributed by atoms with van der Waals surface area (Å²) in [5.74, 6) is 2.62. The van der Waals surface area contributed by atoms with Crippen LogP contribution in [0.5, 0.6) is 0 Å². The molecule has 16 heavy (non-hydrogen) atoms. The second-order valence-corrected chi connectivity index (χ2v) is 5.81. The molecule has 0 spiro atoms. The molecule has 2 rings (SSSR count). The Bertz CT molecular complexity index is 272. The van der Waals surface area contributed by atoms with Gasteiger partial charge in [-0.25, -0.2) is 0 Å². The summed E-state index contributed by atoms with van der Waals surface area (Å²) in [5, 5.41) is 0. The van der Waals surface area contributed by atoms with Crippen molar-refractivity contribution in [1.82, 2.24) is 0 Å². The molecule has 90 valence electrons. The molecule has 0 aromatic carbocycles. The lowest BCUT2D eigenvalue weighted by molar-refractivity contribution is 0.409. The minimum absolute atomic E-state index is 0.824. The first-order valence-electron chi connectivity index (χ1n) is 7.15. The van der Waals surface area contributed by atoms with E-state index in [4.69, 9.17) is 0 Å². The highest BCUT2D eigenvalue weighted by Crippen LogP contribution is 2.43. The van der Waals surface area contributed by atoms with E-state index in [-0.39, 0.29) is 0 Å². The Morgan fingerprint density at radius 3 is 2.75 bits per heavy atom. The highest BCUT2D eigenvalue weighted by atomic mass is 14.4. The summed E-state index contributed by atoms with van der Waals surface area (Å²) in [6.45, 7) is 4.86. The van der Waals surface area contributed by atoms with Gasteiger partial charge in [0.2, 0.25) is 0 Å². The molecule has 0 aromatic rings. The Morgan fingerprint density at radius 1 is 1.06 bits per heavy atom. The van der Waals surface area contributed by atoms with Gasteiger partial charge in [-0.15, -0.1) is 0 Å². The third-order valence-corrected chi connectivity index (χ3v) is 4.47. The average Bonchev–Trinajstić information content (AvgIpc) is 2.51. The zero-order chi connectivity index (χ0) is 11.4. The van der Waals surface area contributed by atoms with Crippen LogP contribution in [0.2, 0.25) is 0 Å². The van der Waals surface area contributed by atoms with E-state index < -0.39 is 0 Å². The molecule has 0 radical (unpaired) electrons. The molecule has 0 N–H and O–H groups in total. The van der Waals surface area contributed by atoms with E-state index in [2.05, 4.69) is 32.1 Å². The molecule has 0 aromatic heterocycles. The lowest BCUT2D eigenvalue weighted by Gasteiger charge is -2.17. The van der Waals surface area contributed by atoms with Crippen molar-refractivity contribution in [3.05, 3.63) is 23.8 Å². The fraction of sp³-hybridized carbons (Fsp3) is 0.750. The van der Waals surface area contributed by atoms with E-state index in [1.54, 1.807) is 5.57 Å². The van der Waals surface area contributed by atoms with Crippen LogP contribution in [0.4, 0.5) is 0 Å². The van der Waals surface area contributed by atoms with Gasteiger partial charge >= 0.3 is 0 Å². The maximum Gasteiger partial charge on any atom is -0.0171 e. The summed E-state index contributed by atoms with van der Waals surface area (Å²) in [5.41, 5.74) is 1.74. The average molecular weight is 218 g/mol. The highest BCUT2D eigenvalue weighted by Gasteiger charge is 2.32. The van der Waals surface area contributed by atoms with Crippen molar-refractivity contribution >= 4 is 0 Å². The van der Waals surface area contributed by atoms with E-state index in [0.717, 1.165) is 17.8 Å². The van der Waals surface area contributed by atoms with E-state index in [9.17, 15) is 0 Å². The van der Waals surface area contributed by atoms with Crippen LogP contribution in [0.25, 0.3) is 0 Å². The molecule has 2 aliphatic rings. The van der Waals surface area contributed by atoms with Crippen LogP contribution in [0, 0.1) is 17.8 Å². The van der Waals surface area contributed by atoms with Crippen LogP contribution in [-0.4, -0.2) is 0 Å². The molecule has 0 nitrogen and oxygen atoms in total. The highest BCUT2D eigenvalue weighted by molar-refractivity contribution is 5.22. The van der Waals surface area contributed by atoms with Crippen molar-refractivity contribution in [2.24, 2.45) is 17.8 Å². The van der Waals surface area contributed by atoms with Crippen LogP contribution in [0.1, 0.15) is 58.8 Å². The van der Waals surface area contributed by atoms with E-state index in [0.29, 0.717) is 0 Å². The van der Waals surface area contributed by atoms with E-state index >= 15 is 0 Å². The number of rotatable bonds is 0. The van der Waals surface area contributed by atoms with Crippen molar-refractivity contribution in [1.29, 1.82) is 0 Å². The number of hydrogen-bond donors (Lipinski definition) is 0. The molecule has 3 unspecified atom stereocenters. The summed E-state index contributed by atoms with van der Waals surface area (Å²) in [7, 11) is 0. The normalized spacial score (nSPS) is 41.6. The predicted octanol–water partition coefficient (Wildman–Crippen LogP) is 5.12. The van der Waals surface area contributed by atoms with Crippen molar-refractivity contribution in [2.75, 3.05) is 0 Å². The summed E-state index contributed by atoms with van der Waals surface area (Å²) in [6.07, 6.45) is 16.9. The van der Waals surface area contributed by atoms with Gasteiger partial charge in [0.15, 0.2) is 0 Å². The smallest absolute Gasteiger partial charge is 0.0171 e. The summed E-state index contributed by atoms with van der Waals surface area (Å²) < 4.78 is 0. The predicted molar refractivity (Wildman–Crippen MR) is 71.4 cm³/mol. The molecule has 0 amide bonds. The zero-order valence-electron chi connectivity index (χ0n) is 10.9. The van der Waals surface area contributed by atoms with Crippen LogP contribution < -0.4 is 0 Å². The Morgan fingerprint density at radius 2 is 1.88 bits per heavy atom. The van der Waals surface area contributed by atoms with Crippen LogP contribution in [-0.2, 0) is 0 Å². The third kappa shape index (κ3) is 2.78. The second-order valence-electron chi connectivity index (χ2n) is 5.81. The van der Waals surface area contributed by atoms with Crippen LogP contribution >= 0.6 is 0 Å². The first-order chi connectivity index (χ1) is 7.79. The van der Waals surface area contributed by atoms with E-state index in [1.807, 2.05) is 0 Å². The van der Waals surface area contributed by atoms with Crippen LogP contribution in [0.15, 0.2) is 23.8 Å². The maximum atomic E-state index is 2.45. The Balaban J connectivity index is 2.11. The van der Waals surface area contributed by atoms with Crippen molar-refractivity contribution in [3.63, 3.8) is 0 Å². The Kier molecular flexibility index (Phi) is 4.26. The minimum atomic E-state index is 0.824. The summed E-state index contributed by atoms with van der Waals surface area (Å²) in [6, 6.07) is 0. The fourth-order valence-electron chi connectivity index (χ4n) is 3.55. The molecule has 3 atom stereocenters. The SMILES string of the molecule is CC1CC(C)C2CCCCCC/C=C/C=C/12. The number of fused-ring (bicyclic) bond motifs is 1. The first-order valence-corrected chi connectivity index (χ1v) is 7.15. The van der Waals surface area contributed by atoms with Gasteiger partial charge in [0.05, 0.1) is 0 Å². The molecule has 2 aliphatic carbocycles. The minimum Gasteiger partial charge on any atom is -0.0845 e. The number of hydrogen-bond acceptors (Lipinski definition) is 0. The van der Waals surface area contributed by atoms with Gasteiger partial charge in [-0.3, -0.25) is 0 Å². The Hall–Kier alpha value is -0.520. The molecule has 0 heterocycles. The standard InChI is InChI=1S/C16H26/c1-13-12-14(2)16-11-9-7-5-3-4-6-8-10-15(13)16/h6,8,10,13-14,16H,3-5,7,9,11-12H2,1-2H3/b8-6+,15-10-. The summed E-state index contributed by atoms with van der Waals surface area (Å²) >= 11 is 0. The van der Waals surface area contributed by atoms with Gasteiger partial charge in [0, 0.05) is 0 Å². The van der Waals surface area contributed by atoms with Crippen molar-refractivity contribution < 1.29 is 0 Å². The molecule has 1 fully saturated rings. The molecule has 1 saturated carbocycles. The van der Waals surface area contributed by atoms with Crippen molar-refractivity contribution in [2.45, 2.75) is 58.8 Å². The number of allylic oxidation sites excluding steroid dienone is 4. The summed E-state index contributed by atoms with van der Waals surface area (Å²) in [4.78, 5) is 0. The molecule has 0 aliphatic heterocycles. The maximum absolute atomic E-state index is 2.45.